The van der Waals surface area contributed by atoms with E-state index in [1.807, 2.05) is 0 Å². The van der Waals surface area contributed by atoms with Crippen LogP contribution in [0.4, 0.5) is 0 Å². The summed E-state index contributed by atoms with van der Waals surface area (Å²) >= 11 is 0.952. The van der Waals surface area contributed by atoms with Gasteiger partial charge in [0.15, 0.2) is 0 Å². The summed E-state index contributed by atoms with van der Waals surface area (Å²) in [5.41, 5.74) is 0.493. The number of nitrogens with zero attached hydrogens (tertiary/aromatic N) is 3. The van der Waals surface area contributed by atoms with Crippen LogP contribution >= 0.6 is 11.5 Å². The van der Waals surface area contributed by atoms with Gasteiger partial charge in [-0.25, -0.2) is 0 Å². The summed E-state index contributed by atoms with van der Waals surface area (Å²) in [6, 6.07) is 0. The molecule has 0 aromatic carbocycles. The second-order valence-corrected chi connectivity index (χ2v) is 5.37. The average molecular weight is 299 g/mol. The molecule has 0 radical (unpaired) electrons. The number of carbonyl (C=O) groups is 3. The number of hydrogen-bond donors (Lipinski definition) is 2. The number of hydrogen-bond acceptors (Lipinski definition) is 6. The van der Waals surface area contributed by atoms with Gasteiger partial charge >= 0.3 is 11.9 Å². The van der Waals surface area contributed by atoms with Gasteiger partial charge in [0.05, 0.1) is 17.5 Å². The Hall–Kier alpha value is -2.03. The summed E-state index contributed by atoms with van der Waals surface area (Å²) in [4.78, 5) is 36.2. The molecule has 0 aliphatic carbocycles. The fourth-order valence-corrected chi connectivity index (χ4v) is 2.88. The molecule has 2 rings (SSSR count). The second-order valence-electron chi connectivity index (χ2n) is 4.62. The maximum Gasteiger partial charge on any atom is 0.309 e. The minimum absolute atomic E-state index is 0.109. The highest BCUT2D eigenvalue weighted by atomic mass is 32.1. The van der Waals surface area contributed by atoms with Crippen molar-refractivity contribution in [3.05, 3.63) is 10.6 Å². The van der Waals surface area contributed by atoms with E-state index in [0.29, 0.717) is 10.6 Å². The van der Waals surface area contributed by atoms with Crippen molar-refractivity contribution in [3.63, 3.8) is 0 Å². The van der Waals surface area contributed by atoms with Crippen molar-refractivity contribution in [1.82, 2.24) is 14.5 Å². The molecule has 1 aliphatic rings. The number of likely N-dealkylation sites (tertiary alicyclic amines) is 1. The highest BCUT2D eigenvalue weighted by molar-refractivity contribution is 7.07. The van der Waals surface area contributed by atoms with E-state index in [1.54, 1.807) is 6.92 Å². The van der Waals surface area contributed by atoms with E-state index < -0.39 is 23.8 Å². The molecular formula is C11H13N3O5S. The smallest absolute Gasteiger partial charge is 0.309 e. The van der Waals surface area contributed by atoms with Gasteiger partial charge in [-0.2, -0.15) is 0 Å². The molecule has 9 heteroatoms. The Morgan fingerprint density at radius 1 is 1.25 bits per heavy atom. The lowest BCUT2D eigenvalue weighted by Gasteiger charge is -2.34. The van der Waals surface area contributed by atoms with E-state index in [2.05, 4.69) is 9.59 Å². The molecule has 1 aromatic rings. The number of aromatic nitrogens is 2. The summed E-state index contributed by atoms with van der Waals surface area (Å²) in [6.07, 6.45) is 0.128. The lowest BCUT2D eigenvalue weighted by molar-refractivity contribution is -0.156. The Morgan fingerprint density at radius 2 is 1.90 bits per heavy atom. The first kappa shape index (κ1) is 14.4. The fraction of sp³-hybridized carbons (Fsp3) is 0.545. The predicted molar refractivity (Wildman–Crippen MR) is 67.4 cm³/mol. The van der Waals surface area contributed by atoms with Crippen LogP contribution in [0.5, 0.6) is 0 Å². The van der Waals surface area contributed by atoms with Crippen LogP contribution in [0.2, 0.25) is 0 Å². The Kier molecular flexibility index (Phi) is 3.98. The molecule has 108 valence electrons. The number of carbonyl (C=O) groups excluding carboxylic acids is 1. The minimum atomic E-state index is -1.20. The van der Waals surface area contributed by atoms with E-state index in [-0.39, 0.29) is 25.4 Å². The Labute approximate surface area is 118 Å². The van der Waals surface area contributed by atoms with Crippen molar-refractivity contribution in [3.8, 4) is 0 Å². The quantitative estimate of drug-likeness (QED) is 0.811. The van der Waals surface area contributed by atoms with E-state index >= 15 is 0 Å². The monoisotopic (exact) mass is 299 g/mol. The van der Waals surface area contributed by atoms with Gasteiger partial charge in [0.1, 0.15) is 4.88 Å². The first-order valence-corrected chi connectivity index (χ1v) is 6.73. The number of carboxylic acid groups (broad SMARTS) is 2. The predicted octanol–water partition coefficient (Wildman–Crippen LogP) is 0.0940. The summed E-state index contributed by atoms with van der Waals surface area (Å²) in [6.45, 7) is 1.76. The van der Waals surface area contributed by atoms with Crippen molar-refractivity contribution in [2.45, 2.75) is 13.3 Å². The van der Waals surface area contributed by atoms with E-state index in [4.69, 9.17) is 10.2 Å². The van der Waals surface area contributed by atoms with Gasteiger partial charge in [-0.05, 0) is 24.9 Å². The molecule has 1 saturated heterocycles. The maximum absolute atomic E-state index is 12.2. The topological polar surface area (TPSA) is 121 Å². The van der Waals surface area contributed by atoms with Gasteiger partial charge in [-0.3, -0.25) is 14.4 Å². The van der Waals surface area contributed by atoms with Crippen molar-refractivity contribution in [1.29, 1.82) is 0 Å². The van der Waals surface area contributed by atoms with Crippen LogP contribution in [0.1, 0.15) is 21.8 Å². The van der Waals surface area contributed by atoms with Gasteiger partial charge < -0.3 is 15.1 Å². The van der Waals surface area contributed by atoms with Crippen LogP contribution in [0.3, 0.4) is 0 Å². The third-order valence-electron chi connectivity index (χ3n) is 3.38. The Balaban J connectivity index is 2.17. The number of piperidine rings is 1. The normalized spacial score (nSPS) is 22.6. The van der Waals surface area contributed by atoms with Crippen molar-refractivity contribution < 1.29 is 24.6 Å². The van der Waals surface area contributed by atoms with E-state index in [1.165, 1.54) is 4.90 Å². The van der Waals surface area contributed by atoms with Crippen molar-refractivity contribution in [2.24, 2.45) is 11.8 Å². The second kappa shape index (κ2) is 5.53. The van der Waals surface area contributed by atoms with Crippen molar-refractivity contribution in [2.75, 3.05) is 13.1 Å². The molecule has 2 unspecified atom stereocenters. The third kappa shape index (κ3) is 2.62. The molecule has 2 N–H and O–H groups in total. The summed E-state index contributed by atoms with van der Waals surface area (Å²) in [5.74, 6) is -4.73. The van der Waals surface area contributed by atoms with Crippen LogP contribution < -0.4 is 0 Å². The van der Waals surface area contributed by atoms with Crippen LogP contribution in [0.15, 0.2) is 0 Å². The zero-order chi connectivity index (χ0) is 14.9. The molecule has 2 heterocycles. The highest BCUT2D eigenvalue weighted by Gasteiger charge is 2.40. The lowest BCUT2D eigenvalue weighted by atomic mass is 9.85. The number of aliphatic carboxylic acids is 2. The summed E-state index contributed by atoms with van der Waals surface area (Å²) in [7, 11) is 0. The largest absolute Gasteiger partial charge is 0.481 e. The molecule has 1 aromatic heterocycles. The lowest BCUT2D eigenvalue weighted by Crippen LogP contribution is -2.48. The molecular weight excluding hydrogens is 286 g/mol. The zero-order valence-electron chi connectivity index (χ0n) is 10.6. The maximum atomic E-state index is 12.2. The van der Waals surface area contributed by atoms with Gasteiger partial charge in [-0.1, -0.05) is 4.49 Å². The SMILES string of the molecule is Cc1nnsc1C(=O)N1CCC(C(=O)O)C(C(=O)O)C1. The molecule has 1 aliphatic heterocycles. The Morgan fingerprint density at radius 3 is 2.40 bits per heavy atom. The highest BCUT2D eigenvalue weighted by Crippen LogP contribution is 2.26. The summed E-state index contributed by atoms with van der Waals surface area (Å²) in [5, 5.41) is 21.9. The first-order chi connectivity index (χ1) is 9.41. The molecule has 1 amide bonds. The van der Waals surface area contributed by atoms with Gasteiger partial charge in [0, 0.05) is 13.1 Å². The molecule has 0 bridgehead atoms. The molecule has 2 atom stereocenters. The van der Waals surface area contributed by atoms with E-state index in [0.717, 1.165) is 11.5 Å². The number of rotatable bonds is 3. The Bertz CT molecular complexity index is 558. The van der Waals surface area contributed by atoms with E-state index in [9.17, 15) is 14.4 Å². The minimum Gasteiger partial charge on any atom is -0.481 e. The molecule has 8 nitrogen and oxygen atoms in total. The van der Waals surface area contributed by atoms with Gasteiger partial charge in [0.2, 0.25) is 0 Å². The van der Waals surface area contributed by atoms with Crippen LogP contribution in [0.25, 0.3) is 0 Å². The molecule has 20 heavy (non-hydrogen) atoms. The van der Waals surface area contributed by atoms with Gasteiger partial charge in [-0.15, -0.1) is 5.10 Å². The summed E-state index contributed by atoms with van der Waals surface area (Å²) < 4.78 is 3.67. The number of aryl methyl sites for hydroxylation is 1. The first-order valence-electron chi connectivity index (χ1n) is 5.95. The average Bonchev–Trinajstić information content (AvgIpc) is 2.83. The van der Waals surface area contributed by atoms with Gasteiger partial charge in [0.25, 0.3) is 5.91 Å². The van der Waals surface area contributed by atoms with Crippen LogP contribution in [0, 0.1) is 18.8 Å². The fourth-order valence-electron chi connectivity index (χ4n) is 2.25. The zero-order valence-corrected chi connectivity index (χ0v) is 11.5. The third-order valence-corrected chi connectivity index (χ3v) is 4.20. The molecule has 0 saturated carbocycles. The van der Waals surface area contributed by atoms with Crippen LogP contribution in [-0.4, -0.2) is 55.6 Å². The van der Waals surface area contributed by atoms with Crippen molar-refractivity contribution >= 4 is 29.4 Å². The molecule has 0 spiro atoms. The molecule has 1 fully saturated rings. The number of amides is 1. The standard InChI is InChI=1S/C11H13N3O5S/c1-5-8(20-13-12-5)9(15)14-3-2-6(10(16)17)7(4-14)11(18)19/h6-7H,2-4H2,1H3,(H,16,17)(H,18,19). The van der Waals surface area contributed by atoms with Crippen LogP contribution in [-0.2, 0) is 9.59 Å². The number of carboxylic acids is 2.